The average Bonchev–Trinajstić information content (AvgIpc) is 3.01. The van der Waals surface area contributed by atoms with Crippen LogP contribution in [0.1, 0.15) is 44.6 Å². The molecule has 1 aliphatic carbocycles. The van der Waals surface area contributed by atoms with Crippen molar-refractivity contribution in [1.29, 1.82) is 0 Å². The monoisotopic (exact) mass is 350 g/mol. The van der Waals surface area contributed by atoms with Gasteiger partial charge in [-0.05, 0) is 79.5 Å². The van der Waals surface area contributed by atoms with Crippen LogP contribution in [0.2, 0.25) is 0 Å². The number of thiophene rings is 1. The Balaban J connectivity index is 1.48. The SMILES string of the molecule is COCCCCN1CCC2(CC1)CC2N(Cc1ccsc1)C(C)=O. The molecule has 1 saturated heterocycles. The van der Waals surface area contributed by atoms with Crippen LogP contribution in [0.3, 0.4) is 0 Å². The quantitative estimate of drug-likeness (QED) is 0.674. The highest BCUT2D eigenvalue weighted by Gasteiger charge is 2.58. The lowest BCUT2D eigenvalue weighted by atomic mass is 9.92. The molecule has 0 N–H and O–H groups in total. The summed E-state index contributed by atoms with van der Waals surface area (Å²) in [5, 5.41) is 4.26. The van der Waals surface area contributed by atoms with Gasteiger partial charge in [0.1, 0.15) is 0 Å². The van der Waals surface area contributed by atoms with Crippen LogP contribution in [0.4, 0.5) is 0 Å². The number of methoxy groups -OCH3 is 1. The van der Waals surface area contributed by atoms with E-state index < -0.39 is 0 Å². The largest absolute Gasteiger partial charge is 0.385 e. The molecule has 24 heavy (non-hydrogen) atoms. The predicted molar refractivity (Wildman–Crippen MR) is 98.2 cm³/mol. The number of piperidine rings is 1. The Bertz CT molecular complexity index is 523. The van der Waals surface area contributed by atoms with Gasteiger partial charge in [0.05, 0.1) is 0 Å². The molecule has 1 amide bonds. The molecule has 5 heteroatoms. The number of amides is 1. The minimum absolute atomic E-state index is 0.227. The van der Waals surface area contributed by atoms with Gasteiger partial charge in [-0.2, -0.15) is 11.3 Å². The molecule has 3 rings (SSSR count). The topological polar surface area (TPSA) is 32.8 Å². The molecule has 1 spiro atoms. The zero-order valence-corrected chi connectivity index (χ0v) is 15.8. The van der Waals surface area contributed by atoms with Gasteiger partial charge in [-0.15, -0.1) is 0 Å². The number of nitrogens with zero attached hydrogens (tertiary/aromatic N) is 2. The van der Waals surface area contributed by atoms with Gasteiger partial charge in [0.2, 0.25) is 5.91 Å². The molecule has 4 nitrogen and oxygen atoms in total. The molecular weight excluding hydrogens is 320 g/mol. The third-order valence-corrected chi connectivity index (χ3v) is 6.52. The zero-order valence-electron chi connectivity index (χ0n) is 15.0. The molecule has 0 radical (unpaired) electrons. The summed E-state index contributed by atoms with van der Waals surface area (Å²) in [5.41, 5.74) is 1.68. The van der Waals surface area contributed by atoms with E-state index in [-0.39, 0.29) is 5.91 Å². The molecule has 1 saturated carbocycles. The molecule has 2 heterocycles. The second-order valence-corrected chi connectivity index (χ2v) is 8.18. The van der Waals surface area contributed by atoms with E-state index in [0.29, 0.717) is 11.5 Å². The van der Waals surface area contributed by atoms with E-state index in [9.17, 15) is 4.79 Å². The van der Waals surface area contributed by atoms with E-state index in [1.54, 1.807) is 25.4 Å². The molecule has 1 aliphatic heterocycles. The summed E-state index contributed by atoms with van der Waals surface area (Å²) in [7, 11) is 1.77. The first-order chi connectivity index (χ1) is 11.6. The van der Waals surface area contributed by atoms with Crippen molar-refractivity contribution in [3.05, 3.63) is 22.4 Å². The molecule has 0 aromatic carbocycles. The van der Waals surface area contributed by atoms with Gasteiger partial charge in [-0.25, -0.2) is 0 Å². The fourth-order valence-electron chi connectivity index (χ4n) is 4.13. The first kappa shape index (κ1) is 17.9. The van der Waals surface area contributed by atoms with Crippen LogP contribution in [0, 0.1) is 5.41 Å². The van der Waals surface area contributed by atoms with E-state index in [1.165, 1.54) is 50.9 Å². The molecule has 134 valence electrons. The van der Waals surface area contributed by atoms with Crippen LogP contribution in [0.25, 0.3) is 0 Å². The van der Waals surface area contributed by atoms with Crippen LogP contribution >= 0.6 is 11.3 Å². The maximum absolute atomic E-state index is 12.2. The molecule has 2 fully saturated rings. The van der Waals surface area contributed by atoms with Gasteiger partial charge in [-0.1, -0.05) is 0 Å². The Hall–Kier alpha value is -0.910. The Morgan fingerprint density at radius 2 is 2.21 bits per heavy atom. The van der Waals surface area contributed by atoms with Crippen molar-refractivity contribution < 1.29 is 9.53 Å². The first-order valence-corrected chi connectivity index (χ1v) is 10.1. The summed E-state index contributed by atoms with van der Waals surface area (Å²) < 4.78 is 5.12. The lowest BCUT2D eigenvalue weighted by Gasteiger charge is -2.34. The number of ether oxygens (including phenoxy) is 1. The van der Waals surface area contributed by atoms with Crippen molar-refractivity contribution in [3.8, 4) is 0 Å². The van der Waals surface area contributed by atoms with Crippen LogP contribution in [0.15, 0.2) is 16.8 Å². The normalized spacial score (nSPS) is 22.7. The van der Waals surface area contributed by atoms with Crippen LogP contribution < -0.4 is 0 Å². The number of rotatable bonds is 8. The molecular formula is C19H30N2O2S. The molecule has 0 bridgehead atoms. The Kier molecular flexibility index (Phi) is 5.95. The Morgan fingerprint density at radius 3 is 2.83 bits per heavy atom. The molecule has 1 atom stereocenters. The number of likely N-dealkylation sites (tertiary alicyclic amines) is 1. The van der Waals surface area contributed by atoms with Crippen LogP contribution in [-0.4, -0.2) is 55.1 Å². The van der Waals surface area contributed by atoms with E-state index in [0.717, 1.165) is 19.6 Å². The second kappa shape index (κ2) is 7.98. The standard InChI is InChI=1S/C19H30N2O2S/c1-16(22)21(14-17-5-12-24-15-17)18-13-19(18)6-9-20(10-7-19)8-3-4-11-23-2/h5,12,15,18H,3-4,6-11,13-14H2,1-2H3. The maximum Gasteiger partial charge on any atom is 0.220 e. The minimum atomic E-state index is 0.227. The van der Waals surface area contributed by atoms with Gasteiger partial charge in [0, 0.05) is 33.2 Å². The van der Waals surface area contributed by atoms with Gasteiger partial charge in [0.15, 0.2) is 0 Å². The fraction of sp³-hybridized carbons (Fsp3) is 0.737. The van der Waals surface area contributed by atoms with Gasteiger partial charge in [0.25, 0.3) is 0 Å². The lowest BCUT2D eigenvalue weighted by Crippen LogP contribution is -2.40. The first-order valence-electron chi connectivity index (χ1n) is 9.14. The number of hydrogen-bond donors (Lipinski definition) is 0. The summed E-state index contributed by atoms with van der Waals surface area (Å²) in [6.45, 7) is 6.95. The molecule has 1 aromatic heterocycles. The van der Waals surface area contributed by atoms with E-state index >= 15 is 0 Å². The highest BCUT2D eigenvalue weighted by molar-refractivity contribution is 7.07. The second-order valence-electron chi connectivity index (χ2n) is 7.40. The third-order valence-electron chi connectivity index (χ3n) is 5.78. The van der Waals surface area contributed by atoms with E-state index in [2.05, 4.69) is 26.6 Å². The molecule has 1 aromatic rings. The van der Waals surface area contributed by atoms with Crippen molar-refractivity contribution >= 4 is 17.2 Å². The van der Waals surface area contributed by atoms with E-state index in [1.807, 2.05) is 0 Å². The van der Waals surface area contributed by atoms with Crippen molar-refractivity contribution in [2.45, 2.75) is 51.6 Å². The third kappa shape index (κ3) is 4.19. The fourth-order valence-corrected chi connectivity index (χ4v) is 4.79. The van der Waals surface area contributed by atoms with Crippen molar-refractivity contribution in [3.63, 3.8) is 0 Å². The van der Waals surface area contributed by atoms with Crippen LogP contribution in [-0.2, 0) is 16.1 Å². The summed E-state index contributed by atoms with van der Waals surface area (Å²) in [6, 6.07) is 2.60. The highest BCUT2D eigenvalue weighted by Crippen LogP contribution is 2.57. The Morgan fingerprint density at radius 1 is 1.42 bits per heavy atom. The zero-order chi connectivity index (χ0) is 17.0. The molecule has 1 unspecified atom stereocenters. The van der Waals surface area contributed by atoms with Gasteiger partial charge >= 0.3 is 0 Å². The average molecular weight is 351 g/mol. The molecule has 2 aliphatic rings. The highest BCUT2D eigenvalue weighted by atomic mass is 32.1. The number of carbonyl (C=O) groups excluding carboxylic acids is 1. The van der Waals surface area contributed by atoms with Crippen LogP contribution in [0.5, 0.6) is 0 Å². The van der Waals surface area contributed by atoms with E-state index in [4.69, 9.17) is 4.74 Å². The van der Waals surface area contributed by atoms with Crippen molar-refractivity contribution in [2.75, 3.05) is 33.4 Å². The van der Waals surface area contributed by atoms with Gasteiger partial charge < -0.3 is 14.5 Å². The summed E-state index contributed by atoms with van der Waals surface area (Å²) in [4.78, 5) is 16.9. The Labute approximate surface area is 149 Å². The number of hydrogen-bond acceptors (Lipinski definition) is 4. The summed E-state index contributed by atoms with van der Waals surface area (Å²) >= 11 is 1.71. The smallest absolute Gasteiger partial charge is 0.220 e. The number of carbonyl (C=O) groups is 1. The lowest BCUT2D eigenvalue weighted by molar-refractivity contribution is -0.130. The summed E-state index contributed by atoms with van der Waals surface area (Å²) in [6.07, 6.45) is 6.07. The van der Waals surface area contributed by atoms with Gasteiger partial charge in [-0.3, -0.25) is 4.79 Å². The maximum atomic E-state index is 12.2. The number of unbranched alkanes of at least 4 members (excludes halogenated alkanes) is 1. The van der Waals surface area contributed by atoms with Crippen molar-refractivity contribution in [1.82, 2.24) is 9.80 Å². The van der Waals surface area contributed by atoms with Crippen molar-refractivity contribution in [2.24, 2.45) is 5.41 Å². The predicted octanol–water partition coefficient (Wildman–Crippen LogP) is 3.38. The minimum Gasteiger partial charge on any atom is -0.385 e. The summed E-state index contributed by atoms with van der Waals surface area (Å²) in [5.74, 6) is 0.227.